The maximum Gasteiger partial charge on any atom is 0.214 e. The van der Waals surface area contributed by atoms with Gasteiger partial charge in [0.2, 0.25) is 10.0 Å². The number of guanidine groups is 1. The van der Waals surface area contributed by atoms with Crippen molar-refractivity contribution in [3.63, 3.8) is 0 Å². The first-order chi connectivity index (χ1) is 12.1. The molecule has 0 aromatic carbocycles. The van der Waals surface area contributed by atoms with Gasteiger partial charge in [-0.05, 0) is 25.5 Å². The molecule has 0 unspecified atom stereocenters. The van der Waals surface area contributed by atoms with E-state index in [1.165, 1.54) is 4.31 Å². The van der Waals surface area contributed by atoms with E-state index >= 15 is 0 Å². The third-order valence-electron chi connectivity index (χ3n) is 3.96. The largest absolute Gasteiger partial charge is 0.357 e. The molecule has 0 aliphatic carbocycles. The van der Waals surface area contributed by atoms with E-state index in [4.69, 9.17) is 0 Å². The van der Waals surface area contributed by atoms with Gasteiger partial charge < -0.3 is 10.6 Å². The fraction of sp³-hybridized carbons (Fsp3) is 0.533. The Kier molecular flexibility index (Phi) is 5.49. The van der Waals surface area contributed by atoms with Crippen LogP contribution < -0.4 is 10.6 Å². The van der Waals surface area contributed by atoms with Crippen LogP contribution in [0.1, 0.15) is 19.2 Å². The third kappa shape index (κ3) is 4.26. The smallest absolute Gasteiger partial charge is 0.214 e. The zero-order valence-electron chi connectivity index (χ0n) is 14.2. The fourth-order valence-corrected chi connectivity index (χ4v) is 4.26. The van der Waals surface area contributed by atoms with Crippen molar-refractivity contribution in [1.82, 2.24) is 29.5 Å². The van der Waals surface area contributed by atoms with Crippen LogP contribution in [-0.2, 0) is 16.6 Å². The number of aliphatic imine (C=N–C) groups is 1. The van der Waals surface area contributed by atoms with Gasteiger partial charge in [-0.3, -0.25) is 4.40 Å². The molecule has 3 rings (SSSR count). The van der Waals surface area contributed by atoms with Crippen LogP contribution in [-0.4, -0.2) is 65.2 Å². The first kappa shape index (κ1) is 17.6. The summed E-state index contributed by atoms with van der Waals surface area (Å²) in [5.41, 5.74) is 0.782. The standard InChI is InChI=1S/C15H23N7O2S/c1-2-16-15(17-7-10-21-8-5-11-25(21,23)24)18-12-14-20-19-13-6-3-4-9-22(13)14/h3-4,6,9H,2,5,7-8,10-12H2,1H3,(H2,16,17,18). The van der Waals surface area contributed by atoms with Gasteiger partial charge in [0.05, 0.1) is 5.75 Å². The molecule has 3 heterocycles. The summed E-state index contributed by atoms with van der Waals surface area (Å²) in [5, 5.41) is 14.6. The van der Waals surface area contributed by atoms with E-state index in [0.717, 1.165) is 11.5 Å². The SMILES string of the molecule is CCNC(=NCc1nnc2ccccn12)NCCN1CCCS1(=O)=O. The maximum absolute atomic E-state index is 11.8. The van der Waals surface area contributed by atoms with Gasteiger partial charge in [0.15, 0.2) is 17.4 Å². The number of hydrogen-bond donors (Lipinski definition) is 2. The van der Waals surface area contributed by atoms with Crippen LogP contribution >= 0.6 is 0 Å². The lowest BCUT2D eigenvalue weighted by Gasteiger charge is -2.16. The minimum absolute atomic E-state index is 0.251. The highest BCUT2D eigenvalue weighted by molar-refractivity contribution is 7.89. The molecule has 0 amide bonds. The minimum atomic E-state index is -3.06. The van der Waals surface area contributed by atoms with E-state index in [9.17, 15) is 8.42 Å². The molecule has 1 aliphatic heterocycles. The van der Waals surface area contributed by atoms with Gasteiger partial charge in [-0.1, -0.05) is 6.07 Å². The van der Waals surface area contributed by atoms with Crippen LogP contribution in [0.5, 0.6) is 0 Å². The normalized spacial score (nSPS) is 17.9. The molecule has 2 N–H and O–H groups in total. The number of fused-ring (bicyclic) bond motifs is 1. The highest BCUT2D eigenvalue weighted by atomic mass is 32.2. The molecule has 0 saturated carbocycles. The number of aromatic nitrogens is 3. The molecule has 0 spiro atoms. The number of rotatable bonds is 6. The Balaban J connectivity index is 1.59. The average molecular weight is 365 g/mol. The van der Waals surface area contributed by atoms with Gasteiger partial charge in [0.25, 0.3) is 0 Å². The molecule has 1 aliphatic rings. The predicted octanol–water partition coefficient (Wildman–Crippen LogP) is -0.180. The second-order valence-electron chi connectivity index (χ2n) is 5.74. The average Bonchev–Trinajstić information content (AvgIpc) is 3.16. The summed E-state index contributed by atoms with van der Waals surface area (Å²) in [6.07, 6.45) is 2.61. The first-order valence-corrected chi connectivity index (χ1v) is 10.00. The molecule has 0 bridgehead atoms. The molecular weight excluding hydrogens is 342 g/mol. The fourth-order valence-electron chi connectivity index (χ4n) is 2.73. The predicted molar refractivity (Wildman–Crippen MR) is 95.8 cm³/mol. The summed E-state index contributed by atoms with van der Waals surface area (Å²) >= 11 is 0. The van der Waals surface area contributed by atoms with Gasteiger partial charge in [-0.15, -0.1) is 10.2 Å². The van der Waals surface area contributed by atoms with Crippen LogP contribution in [0.4, 0.5) is 0 Å². The molecule has 136 valence electrons. The van der Waals surface area contributed by atoms with Crippen molar-refractivity contribution in [1.29, 1.82) is 0 Å². The Bertz CT molecular complexity index is 846. The Morgan fingerprint density at radius 1 is 1.32 bits per heavy atom. The minimum Gasteiger partial charge on any atom is -0.357 e. The number of pyridine rings is 1. The monoisotopic (exact) mass is 365 g/mol. The van der Waals surface area contributed by atoms with Crippen LogP contribution in [0.15, 0.2) is 29.4 Å². The van der Waals surface area contributed by atoms with E-state index < -0.39 is 10.0 Å². The van der Waals surface area contributed by atoms with Gasteiger partial charge in [0.1, 0.15) is 6.54 Å². The van der Waals surface area contributed by atoms with Gasteiger partial charge in [0, 0.05) is 32.4 Å². The van der Waals surface area contributed by atoms with E-state index in [1.807, 2.05) is 35.7 Å². The number of sulfonamides is 1. The lowest BCUT2D eigenvalue weighted by Crippen LogP contribution is -2.42. The van der Waals surface area contributed by atoms with Crippen molar-refractivity contribution >= 4 is 21.6 Å². The van der Waals surface area contributed by atoms with Crippen molar-refractivity contribution in [2.45, 2.75) is 19.9 Å². The van der Waals surface area contributed by atoms with Crippen molar-refractivity contribution in [3.05, 3.63) is 30.2 Å². The van der Waals surface area contributed by atoms with Gasteiger partial charge in [-0.25, -0.2) is 17.7 Å². The molecule has 1 fully saturated rings. The van der Waals surface area contributed by atoms with Crippen LogP contribution in [0, 0.1) is 0 Å². The van der Waals surface area contributed by atoms with Crippen LogP contribution in [0.2, 0.25) is 0 Å². The molecular formula is C15H23N7O2S. The quantitative estimate of drug-likeness (QED) is 0.544. The van der Waals surface area contributed by atoms with Gasteiger partial charge >= 0.3 is 0 Å². The lowest BCUT2D eigenvalue weighted by atomic mass is 10.4. The van der Waals surface area contributed by atoms with E-state index in [2.05, 4.69) is 25.8 Å². The van der Waals surface area contributed by atoms with Crippen LogP contribution in [0.3, 0.4) is 0 Å². The van der Waals surface area contributed by atoms with Crippen molar-refractivity contribution in [3.8, 4) is 0 Å². The summed E-state index contributed by atoms with van der Waals surface area (Å²) in [7, 11) is -3.06. The number of nitrogens with one attached hydrogen (secondary N) is 2. The van der Waals surface area contributed by atoms with Crippen molar-refractivity contribution < 1.29 is 8.42 Å². The summed E-state index contributed by atoms with van der Waals surface area (Å²) < 4.78 is 27.0. The molecule has 0 radical (unpaired) electrons. The summed E-state index contributed by atoms with van der Waals surface area (Å²) in [4.78, 5) is 4.51. The number of nitrogens with zero attached hydrogens (tertiary/aromatic N) is 5. The zero-order chi connectivity index (χ0) is 17.7. The van der Waals surface area contributed by atoms with Crippen molar-refractivity contribution in [2.75, 3.05) is 31.9 Å². The Hall–Kier alpha value is -2.20. The Labute approximate surface area is 147 Å². The van der Waals surface area contributed by atoms with E-state index in [-0.39, 0.29) is 5.75 Å². The summed E-state index contributed by atoms with van der Waals surface area (Å²) in [6.45, 7) is 4.63. The summed E-state index contributed by atoms with van der Waals surface area (Å²) in [5.74, 6) is 1.63. The van der Waals surface area contributed by atoms with Gasteiger partial charge in [-0.2, -0.15) is 0 Å². The van der Waals surface area contributed by atoms with Crippen LogP contribution in [0.25, 0.3) is 5.65 Å². The molecule has 9 nitrogen and oxygen atoms in total. The Morgan fingerprint density at radius 3 is 2.96 bits per heavy atom. The molecule has 25 heavy (non-hydrogen) atoms. The highest BCUT2D eigenvalue weighted by Gasteiger charge is 2.27. The molecule has 2 aromatic rings. The zero-order valence-corrected chi connectivity index (χ0v) is 15.0. The lowest BCUT2D eigenvalue weighted by molar-refractivity contribution is 0.445. The maximum atomic E-state index is 11.8. The first-order valence-electron chi connectivity index (χ1n) is 8.39. The van der Waals surface area contributed by atoms with Crippen molar-refractivity contribution in [2.24, 2.45) is 4.99 Å². The molecule has 0 atom stereocenters. The van der Waals surface area contributed by atoms with E-state index in [0.29, 0.717) is 45.1 Å². The van der Waals surface area contributed by atoms with E-state index in [1.54, 1.807) is 0 Å². The third-order valence-corrected chi connectivity index (χ3v) is 5.92. The topological polar surface area (TPSA) is 104 Å². The second-order valence-corrected chi connectivity index (χ2v) is 7.82. The molecule has 10 heteroatoms. The molecule has 2 aromatic heterocycles. The molecule has 1 saturated heterocycles. The Morgan fingerprint density at radius 2 is 2.20 bits per heavy atom. The summed E-state index contributed by atoms with van der Waals surface area (Å²) in [6, 6.07) is 5.72. The second kappa shape index (κ2) is 7.79. The highest BCUT2D eigenvalue weighted by Crippen LogP contribution is 2.11. The number of hydrogen-bond acceptors (Lipinski definition) is 5.